The Bertz CT molecular complexity index is 455. The number of nitrogens with zero attached hydrogens (tertiary/aromatic N) is 1. The zero-order valence-corrected chi connectivity index (χ0v) is 10.5. The van der Waals surface area contributed by atoms with Crippen LogP contribution >= 0.6 is 0 Å². The van der Waals surface area contributed by atoms with Crippen LogP contribution in [0, 0.1) is 0 Å². The molecule has 1 aliphatic rings. The predicted molar refractivity (Wildman–Crippen MR) is 68.2 cm³/mol. The van der Waals surface area contributed by atoms with E-state index in [1.807, 2.05) is 13.0 Å². The van der Waals surface area contributed by atoms with E-state index in [0.717, 1.165) is 17.9 Å². The van der Waals surface area contributed by atoms with Crippen molar-refractivity contribution < 1.29 is 9.53 Å². The maximum Gasteiger partial charge on any atom is 0.270 e. The Morgan fingerprint density at radius 2 is 2.12 bits per heavy atom. The minimum atomic E-state index is -0.807. The Kier molecular flexibility index (Phi) is 2.73. The Balaban J connectivity index is 2.51. The van der Waals surface area contributed by atoms with E-state index in [0.29, 0.717) is 12.2 Å². The van der Waals surface area contributed by atoms with Gasteiger partial charge in [0.1, 0.15) is 5.75 Å². The van der Waals surface area contributed by atoms with E-state index in [9.17, 15) is 4.79 Å². The van der Waals surface area contributed by atoms with Gasteiger partial charge in [0.2, 0.25) is 0 Å². The molecule has 4 heteroatoms. The van der Waals surface area contributed by atoms with Crippen molar-refractivity contribution in [2.75, 3.05) is 17.2 Å². The fourth-order valence-corrected chi connectivity index (χ4v) is 2.03. The molecule has 1 aliphatic heterocycles. The fraction of sp³-hybridized carbons (Fsp3) is 0.462. The van der Waals surface area contributed by atoms with Crippen molar-refractivity contribution in [2.45, 2.75) is 32.8 Å². The van der Waals surface area contributed by atoms with E-state index in [1.54, 1.807) is 30.9 Å². The molecule has 0 atom stereocenters. The van der Waals surface area contributed by atoms with Crippen molar-refractivity contribution in [2.24, 2.45) is 0 Å². The molecule has 0 saturated carbocycles. The lowest BCUT2D eigenvalue weighted by atomic mass is 10.0. The predicted octanol–water partition coefficient (Wildman–Crippen LogP) is 2.18. The van der Waals surface area contributed by atoms with Crippen molar-refractivity contribution >= 4 is 17.3 Å². The largest absolute Gasteiger partial charge is 0.476 e. The molecule has 0 radical (unpaired) electrons. The summed E-state index contributed by atoms with van der Waals surface area (Å²) in [5.41, 5.74) is 6.37. The second kappa shape index (κ2) is 3.95. The molecule has 1 aromatic carbocycles. The summed E-state index contributed by atoms with van der Waals surface area (Å²) in [6, 6.07) is 5.40. The highest BCUT2D eigenvalue weighted by Gasteiger charge is 2.40. The molecule has 0 aromatic heterocycles. The van der Waals surface area contributed by atoms with Gasteiger partial charge in [0.05, 0.1) is 5.69 Å². The maximum absolute atomic E-state index is 12.3. The average molecular weight is 234 g/mol. The summed E-state index contributed by atoms with van der Waals surface area (Å²) in [6.07, 6.45) is 0.899. The first-order valence-electron chi connectivity index (χ1n) is 5.86. The summed E-state index contributed by atoms with van der Waals surface area (Å²) < 4.78 is 5.72. The average Bonchev–Trinajstić information content (AvgIpc) is 2.26. The van der Waals surface area contributed by atoms with E-state index < -0.39 is 5.60 Å². The highest BCUT2D eigenvalue weighted by molar-refractivity contribution is 6.02. The van der Waals surface area contributed by atoms with Gasteiger partial charge in [-0.15, -0.1) is 0 Å². The lowest BCUT2D eigenvalue weighted by Crippen LogP contribution is -2.52. The van der Waals surface area contributed by atoms with Crippen molar-refractivity contribution in [3.8, 4) is 5.75 Å². The van der Waals surface area contributed by atoms with Gasteiger partial charge in [0.15, 0.2) is 5.60 Å². The maximum atomic E-state index is 12.3. The molecule has 0 fully saturated rings. The number of ether oxygens (including phenoxy) is 1. The van der Waals surface area contributed by atoms with Crippen molar-refractivity contribution in [3.63, 3.8) is 0 Å². The van der Waals surface area contributed by atoms with Crippen LogP contribution in [0.1, 0.15) is 27.2 Å². The molecule has 0 bridgehead atoms. The number of rotatable bonds is 2. The van der Waals surface area contributed by atoms with Crippen LogP contribution in [0.5, 0.6) is 5.75 Å². The molecule has 2 rings (SSSR count). The zero-order valence-electron chi connectivity index (χ0n) is 10.5. The summed E-state index contributed by atoms with van der Waals surface area (Å²) in [6.45, 7) is 6.30. The third kappa shape index (κ3) is 1.95. The van der Waals surface area contributed by atoms with E-state index in [2.05, 4.69) is 0 Å². The third-order valence-corrected chi connectivity index (χ3v) is 2.85. The SMILES string of the molecule is CCCN1C(=O)C(C)(C)Oc2ccc(N)cc21. The summed E-state index contributed by atoms with van der Waals surface area (Å²) in [4.78, 5) is 14.0. The van der Waals surface area contributed by atoms with Crippen molar-refractivity contribution in [1.82, 2.24) is 0 Å². The lowest BCUT2D eigenvalue weighted by Gasteiger charge is -2.38. The fourth-order valence-electron chi connectivity index (χ4n) is 2.03. The van der Waals surface area contributed by atoms with E-state index >= 15 is 0 Å². The minimum Gasteiger partial charge on any atom is -0.476 e. The Morgan fingerprint density at radius 1 is 1.41 bits per heavy atom. The van der Waals surface area contributed by atoms with Gasteiger partial charge in [-0.05, 0) is 38.5 Å². The number of nitrogen functional groups attached to an aromatic ring is 1. The van der Waals surface area contributed by atoms with Crippen LogP contribution in [0.3, 0.4) is 0 Å². The number of benzene rings is 1. The van der Waals surface area contributed by atoms with Crippen LogP contribution in [0.25, 0.3) is 0 Å². The summed E-state index contributed by atoms with van der Waals surface area (Å²) >= 11 is 0. The standard InChI is InChI=1S/C13H18N2O2/c1-4-7-15-10-8-9(14)5-6-11(10)17-13(2,3)12(15)16/h5-6,8H,4,7,14H2,1-3H3. The van der Waals surface area contributed by atoms with Gasteiger partial charge in [-0.3, -0.25) is 4.79 Å². The highest BCUT2D eigenvalue weighted by atomic mass is 16.5. The summed E-state index contributed by atoms with van der Waals surface area (Å²) in [7, 11) is 0. The van der Waals surface area contributed by atoms with Crippen molar-refractivity contribution in [3.05, 3.63) is 18.2 Å². The molecular weight excluding hydrogens is 216 g/mol. The van der Waals surface area contributed by atoms with Gasteiger partial charge in [-0.1, -0.05) is 6.92 Å². The first-order valence-corrected chi connectivity index (χ1v) is 5.86. The second-order valence-corrected chi connectivity index (χ2v) is 4.80. The number of amides is 1. The molecular formula is C13H18N2O2. The second-order valence-electron chi connectivity index (χ2n) is 4.80. The summed E-state index contributed by atoms with van der Waals surface area (Å²) in [5, 5.41) is 0. The first kappa shape index (κ1) is 11.8. The van der Waals surface area contributed by atoms with E-state index in [4.69, 9.17) is 10.5 Å². The molecule has 4 nitrogen and oxygen atoms in total. The molecule has 0 saturated heterocycles. The normalized spacial score (nSPS) is 17.6. The molecule has 92 valence electrons. The number of fused-ring (bicyclic) bond motifs is 1. The smallest absolute Gasteiger partial charge is 0.270 e. The van der Waals surface area contributed by atoms with Crippen molar-refractivity contribution in [1.29, 1.82) is 0 Å². The van der Waals surface area contributed by atoms with Crippen LogP contribution in [-0.2, 0) is 4.79 Å². The van der Waals surface area contributed by atoms with Crippen LogP contribution in [-0.4, -0.2) is 18.1 Å². The molecule has 1 heterocycles. The number of carbonyl (C=O) groups is 1. The van der Waals surface area contributed by atoms with Gasteiger partial charge in [-0.2, -0.15) is 0 Å². The van der Waals surface area contributed by atoms with Gasteiger partial charge >= 0.3 is 0 Å². The Labute approximate surface area is 101 Å². The molecule has 17 heavy (non-hydrogen) atoms. The van der Waals surface area contributed by atoms with Crippen LogP contribution in [0.15, 0.2) is 18.2 Å². The Morgan fingerprint density at radius 3 is 2.76 bits per heavy atom. The number of nitrogens with two attached hydrogens (primary N) is 1. The monoisotopic (exact) mass is 234 g/mol. The molecule has 1 amide bonds. The number of hydrogen-bond acceptors (Lipinski definition) is 3. The third-order valence-electron chi connectivity index (χ3n) is 2.85. The number of carbonyl (C=O) groups excluding carboxylic acids is 1. The zero-order chi connectivity index (χ0) is 12.6. The topological polar surface area (TPSA) is 55.6 Å². The summed E-state index contributed by atoms with van der Waals surface area (Å²) in [5.74, 6) is 0.703. The quantitative estimate of drug-likeness (QED) is 0.798. The van der Waals surface area contributed by atoms with Gasteiger partial charge in [0.25, 0.3) is 5.91 Å². The molecule has 0 unspecified atom stereocenters. The number of hydrogen-bond donors (Lipinski definition) is 1. The van der Waals surface area contributed by atoms with Gasteiger partial charge in [-0.25, -0.2) is 0 Å². The van der Waals surface area contributed by atoms with Crippen LogP contribution in [0.4, 0.5) is 11.4 Å². The number of anilines is 2. The molecule has 0 spiro atoms. The highest BCUT2D eigenvalue weighted by Crippen LogP contribution is 2.38. The van der Waals surface area contributed by atoms with Crippen LogP contribution in [0.2, 0.25) is 0 Å². The van der Waals surface area contributed by atoms with Gasteiger partial charge in [0, 0.05) is 12.2 Å². The van der Waals surface area contributed by atoms with Gasteiger partial charge < -0.3 is 15.4 Å². The van der Waals surface area contributed by atoms with E-state index in [-0.39, 0.29) is 5.91 Å². The first-order chi connectivity index (χ1) is 7.95. The van der Waals surface area contributed by atoms with E-state index in [1.165, 1.54) is 0 Å². The molecule has 0 aliphatic carbocycles. The lowest BCUT2D eigenvalue weighted by molar-refractivity contribution is -0.132. The van der Waals surface area contributed by atoms with Crippen LogP contribution < -0.4 is 15.4 Å². The molecule has 2 N–H and O–H groups in total. The Hall–Kier alpha value is -1.71. The minimum absolute atomic E-state index is 0.0162. The molecule has 1 aromatic rings.